The molecule has 38 heavy (non-hydrogen) atoms. The quantitative estimate of drug-likeness (QED) is 0.216. The van der Waals surface area contributed by atoms with Gasteiger partial charge in [-0.25, -0.2) is 22.0 Å². The maximum atomic E-state index is 15.6. The summed E-state index contributed by atoms with van der Waals surface area (Å²) in [6.45, 7) is 2.89. The largest absolute Gasteiger partial charge is 0.395 e. The summed E-state index contributed by atoms with van der Waals surface area (Å²) >= 11 is 0. The van der Waals surface area contributed by atoms with Crippen molar-refractivity contribution in [2.24, 2.45) is 11.3 Å². The summed E-state index contributed by atoms with van der Waals surface area (Å²) in [6, 6.07) is 11.8. The fourth-order valence-electron chi connectivity index (χ4n) is 6.41. The van der Waals surface area contributed by atoms with Crippen molar-refractivity contribution in [1.82, 2.24) is 0 Å². The van der Waals surface area contributed by atoms with Crippen molar-refractivity contribution in [2.45, 2.75) is 64.5 Å². The highest BCUT2D eigenvalue weighted by molar-refractivity contribution is 5.72. The van der Waals surface area contributed by atoms with Gasteiger partial charge in [-0.1, -0.05) is 75.6 Å². The summed E-state index contributed by atoms with van der Waals surface area (Å²) in [5.74, 6) is -11.6. The SMILES string of the molecule is CCC1CCCCC1(C(CC)c1c(F)c(F)c(-c2ccc(-c3ccccc3)cc2F)c(F)c1F)C(F)(F)F. The molecule has 1 fully saturated rings. The molecule has 0 radical (unpaired) electrons. The molecule has 4 rings (SSSR count). The first-order valence-electron chi connectivity index (χ1n) is 12.8. The van der Waals surface area contributed by atoms with Crippen LogP contribution in [0.5, 0.6) is 0 Å². The van der Waals surface area contributed by atoms with Gasteiger partial charge in [0.2, 0.25) is 0 Å². The molecule has 1 aliphatic rings. The fraction of sp³-hybridized carbons (Fsp3) is 0.400. The lowest BCUT2D eigenvalue weighted by atomic mass is 9.56. The van der Waals surface area contributed by atoms with Crippen molar-refractivity contribution in [3.05, 3.63) is 83.2 Å². The van der Waals surface area contributed by atoms with E-state index in [0.717, 1.165) is 12.1 Å². The van der Waals surface area contributed by atoms with Crippen LogP contribution in [0.3, 0.4) is 0 Å². The van der Waals surface area contributed by atoms with Crippen LogP contribution in [0.15, 0.2) is 48.5 Å². The van der Waals surface area contributed by atoms with Crippen LogP contribution in [0.2, 0.25) is 0 Å². The van der Waals surface area contributed by atoms with Gasteiger partial charge in [0.05, 0.1) is 11.0 Å². The van der Waals surface area contributed by atoms with E-state index in [1.54, 1.807) is 37.3 Å². The highest BCUT2D eigenvalue weighted by atomic mass is 19.4. The van der Waals surface area contributed by atoms with Crippen molar-refractivity contribution >= 4 is 0 Å². The lowest BCUT2D eigenvalue weighted by molar-refractivity contribution is -0.264. The monoisotopic (exact) mass is 540 g/mol. The average Bonchev–Trinajstić information content (AvgIpc) is 2.90. The van der Waals surface area contributed by atoms with Crippen LogP contribution in [0.1, 0.15) is 63.9 Å². The third kappa shape index (κ3) is 4.50. The zero-order chi connectivity index (χ0) is 27.8. The highest BCUT2D eigenvalue weighted by Crippen LogP contribution is 2.62. The second kappa shape index (κ2) is 10.7. The maximum absolute atomic E-state index is 15.6. The summed E-state index contributed by atoms with van der Waals surface area (Å²) < 4.78 is 121. The van der Waals surface area contributed by atoms with E-state index in [0.29, 0.717) is 17.5 Å². The molecule has 1 saturated carbocycles. The van der Waals surface area contributed by atoms with Crippen LogP contribution in [0, 0.1) is 40.4 Å². The van der Waals surface area contributed by atoms with Gasteiger partial charge in [-0.2, -0.15) is 13.2 Å². The minimum atomic E-state index is -4.86. The van der Waals surface area contributed by atoms with E-state index in [1.165, 1.54) is 13.0 Å². The minimum Gasteiger partial charge on any atom is -0.206 e. The van der Waals surface area contributed by atoms with Crippen LogP contribution in [0.4, 0.5) is 35.1 Å². The van der Waals surface area contributed by atoms with E-state index in [9.17, 15) is 13.2 Å². The molecule has 0 bridgehead atoms. The first-order chi connectivity index (χ1) is 18.0. The van der Waals surface area contributed by atoms with Crippen molar-refractivity contribution < 1.29 is 35.1 Å². The molecule has 1 aliphatic carbocycles. The Hall–Kier alpha value is -2.90. The van der Waals surface area contributed by atoms with Crippen molar-refractivity contribution in [2.75, 3.05) is 0 Å². The van der Waals surface area contributed by atoms with Crippen LogP contribution in [-0.2, 0) is 0 Å². The molecule has 3 atom stereocenters. The normalized spacial score (nSPS) is 20.9. The Morgan fingerprint density at radius 2 is 1.45 bits per heavy atom. The molecule has 0 spiro atoms. The summed E-state index contributed by atoms with van der Waals surface area (Å²) in [5, 5.41) is 0. The summed E-state index contributed by atoms with van der Waals surface area (Å²) in [7, 11) is 0. The molecule has 8 heteroatoms. The molecule has 0 nitrogen and oxygen atoms in total. The van der Waals surface area contributed by atoms with Gasteiger partial charge in [-0.15, -0.1) is 0 Å². The number of rotatable bonds is 6. The summed E-state index contributed by atoms with van der Waals surface area (Å²) in [4.78, 5) is 0. The third-order valence-electron chi connectivity index (χ3n) is 8.16. The summed E-state index contributed by atoms with van der Waals surface area (Å²) in [6.07, 6.45) is -4.65. The molecule has 204 valence electrons. The molecule has 3 aromatic carbocycles. The topological polar surface area (TPSA) is 0 Å². The van der Waals surface area contributed by atoms with E-state index >= 15 is 22.0 Å². The number of alkyl halides is 3. The highest BCUT2D eigenvalue weighted by Gasteiger charge is 2.63. The Balaban J connectivity index is 1.90. The lowest BCUT2D eigenvalue weighted by Gasteiger charge is -2.50. The van der Waals surface area contributed by atoms with Crippen molar-refractivity contribution in [3.8, 4) is 22.3 Å². The zero-order valence-corrected chi connectivity index (χ0v) is 21.0. The van der Waals surface area contributed by atoms with Crippen LogP contribution in [-0.4, -0.2) is 6.18 Å². The molecular formula is C30H28F8. The summed E-state index contributed by atoms with van der Waals surface area (Å²) in [5.41, 5.74) is -4.84. The van der Waals surface area contributed by atoms with Crippen LogP contribution < -0.4 is 0 Å². The predicted octanol–water partition coefficient (Wildman–Crippen LogP) is 10.4. The van der Waals surface area contributed by atoms with Crippen molar-refractivity contribution in [1.29, 1.82) is 0 Å². The standard InChI is InChI=1S/C30H28F8/c1-3-19-12-8-9-15-29(19,30(36,37)38)21(4-2)24-27(34)25(32)23(26(33)28(24)35)20-14-13-18(16-22(20)31)17-10-6-5-7-11-17/h5-7,10-11,13-14,16,19,21H,3-4,8-9,12,15H2,1-2H3. The Kier molecular flexibility index (Phi) is 7.91. The molecule has 0 amide bonds. The van der Waals surface area contributed by atoms with Gasteiger partial charge in [-0.05, 0) is 42.4 Å². The Bertz CT molecular complexity index is 1270. The fourth-order valence-corrected chi connectivity index (χ4v) is 6.41. The van der Waals surface area contributed by atoms with E-state index < -0.39 is 75.6 Å². The maximum Gasteiger partial charge on any atom is 0.395 e. The van der Waals surface area contributed by atoms with Gasteiger partial charge in [0.1, 0.15) is 5.82 Å². The minimum absolute atomic E-state index is 0.0985. The van der Waals surface area contributed by atoms with E-state index in [-0.39, 0.29) is 25.7 Å². The van der Waals surface area contributed by atoms with Gasteiger partial charge >= 0.3 is 6.18 Å². The lowest BCUT2D eigenvalue weighted by Crippen LogP contribution is -2.50. The van der Waals surface area contributed by atoms with Gasteiger partial charge in [0.25, 0.3) is 0 Å². The second-order valence-corrected chi connectivity index (χ2v) is 9.96. The van der Waals surface area contributed by atoms with Gasteiger partial charge < -0.3 is 0 Å². The number of hydrogen-bond donors (Lipinski definition) is 0. The van der Waals surface area contributed by atoms with Crippen molar-refractivity contribution in [3.63, 3.8) is 0 Å². The van der Waals surface area contributed by atoms with Crippen LogP contribution in [0.25, 0.3) is 22.3 Å². The van der Waals surface area contributed by atoms with Gasteiger partial charge in [-0.3, -0.25) is 0 Å². The molecular weight excluding hydrogens is 512 g/mol. The molecule has 0 saturated heterocycles. The molecule has 0 N–H and O–H groups in total. The molecule has 3 unspecified atom stereocenters. The smallest absolute Gasteiger partial charge is 0.206 e. The molecule has 0 aromatic heterocycles. The Morgan fingerprint density at radius 1 is 0.816 bits per heavy atom. The van der Waals surface area contributed by atoms with Gasteiger partial charge in [0.15, 0.2) is 23.3 Å². The second-order valence-electron chi connectivity index (χ2n) is 9.96. The number of hydrogen-bond acceptors (Lipinski definition) is 0. The Morgan fingerprint density at radius 3 is 1.97 bits per heavy atom. The van der Waals surface area contributed by atoms with E-state index in [1.807, 2.05) is 0 Å². The molecule has 3 aromatic rings. The van der Waals surface area contributed by atoms with E-state index in [2.05, 4.69) is 0 Å². The zero-order valence-electron chi connectivity index (χ0n) is 21.0. The van der Waals surface area contributed by atoms with E-state index in [4.69, 9.17) is 0 Å². The molecule has 0 aliphatic heterocycles. The third-order valence-corrected chi connectivity index (χ3v) is 8.16. The number of benzene rings is 3. The predicted molar refractivity (Wildman–Crippen MR) is 131 cm³/mol. The van der Waals surface area contributed by atoms with Crippen LogP contribution >= 0.6 is 0 Å². The Labute approximate surface area is 216 Å². The molecule has 0 heterocycles. The first-order valence-corrected chi connectivity index (χ1v) is 12.8. The average molecular weight is 541 g/mol. The first kappa shape index (κ1) is 28.1. The number of halogens is 8. The van der Waals surface area contributed by atoms with Gasteiger partial charge in [0, 0.05) is 17.0 Å².